The predicted octanol–water partition coefficient (Wildman–Crippen LogP) is 3.79. The standard InChI is InChI=1S/C22H29N5O.HI/c1-2-23-22(25-16-14-20(28)17-9-4-3-5-10-17)24-15-8-13-21-26-18-11-6-7-12-19(18)27-21;/h3-7,9-12,20,28H,2,8,13-16H2,1H3,(H,26,27)(H2,23,24,25);1H. The number of benzene rings is 2. The molecule has 0 fully saturated rings. The van der Waals surface area contributed by atoms with Crippen molar-refractivity contribution in [2.45, 2.75) is 32.3 Å². The number of aliphatic hydroxyl groups excluding tert-OH is 1. The Labute approximate surface area is 189 Å². The molecule has 29 heavy (non-hydrogen) atoms. The second-order valence-corrected chi connectivity index (χ2v) is 6.71. The number of rotatable bonds is 9. The van der Waals surface area contributed by atoms with Crippen molar-refractivity contribution in [2.75, 3.05) is 19.6 Å². The Morgan fingerprint density at radius 1 is 1.10 bits per heavy atom. The summed E-state index contributed by atoms with van der Waals surface area (Å²) in [5.41, 5.74) is 3.03. The van der Waals surface area contributed by atoms with Crippen LogP contribution in [0.15, 0.2) is 59.6 Å². The summed E-state index contributed by atoms with van der Waals surface area (Å²) in [6.45, 7) is 4.22. The molecule has 6 nitrogen and oxygen atoms in total. The second-order valence-electron chi connectivity index (χ2n) is 6.71. The molecule has 0 saturated heterocycles. The van der Waals surface area contributed by atoms with Crippen molar-refractivity contribution in [2.24, 2.45) is 4.99 Å². The molecule has 3 aromatic rings. The van der Waals surface area contributed by atoms with E-state index in [0.717, 1.165) is 47.8 Å². The highest BCUT2D eigenvalue weighted by molar-refractivity contribution is 14.0. The molecule has 0 aliphatic heterocycles. The van der Waals surface area contributed by atoms with Crippen molar-refractivity contribution in [3.05, 3.63) is 66.0 Å². The van der Waals surface area contributed by atoms with Gasteiger partial charge in [0.15, 0.2) is 5.96 Å². The number of hydrogen-bond acceptors (Lipinski definition) is 3. The van der Waals surface area contributed by atoms with Crippen molar-refractivity contribution < 1.29 is 5.11 Å². The van der Waals surface area contributed by atoms with E-state index in [0.29, 0.717) is 19.5 Å². The molecule has 4 N–H and O–H groups in total. The summed E-state index contributed by atoms with van der Waals surface area (Å²) in [5, 5.41) is 16.8. The average Bonchev–Trinajstić information content (AvgIpc) is 3.14. The van der Waals surface area contributed by atoms with Crippen LogP contribution in [0.5, 0.6) is 0 Å². The third kappa shape index (κ3) is 7.32. The summed E-state index contributed by atoms with van der Waals surface area (Å²) in [4.78, 5) is 12.6. The molecule has 3 rings (SSSR count). The van der Waals surface area contributed by atoms with E-state index in [1.165, 1.54) is 0 Å². The molecular formula is C22H30IN5O. The van der Waals surface area contributed by atoms with Gasteiger partial charge in [-0.25, -0.2) is 4.98 Å². The number of H-pyrrole nitrogens is 1. The van der Waals surface area contributed by atoms with Crippen LogP contribution >= 0.6 is 24.0 Å². The molecule has 0 spiro atoms. The van der Waals surface area contributed by atoms with Crippen LogP contribution in [0, 0.1) is 0 Å². The highest BCUT2D eigenvalue weighted by Crippen LogP contribution is 2.15. The SMILES string of the molecule is CCNC(=NCCCc1nc2ccccc2[nH]1)NCCC(O)c1ccccc1.I. The van der Waals surface area contributed by atoms with E-state index in [4.69, 9.17) is 0 Å². The van der Waals surface area contributed by atoms with Gasteiger partial charge in [-0.2, -0.15) is 0 Å². The van der Waals surface area contributed by atoms with Gasteiger partial charge >= 0.3 is 0 Å². The van der Waals surface area contributed by atoms with E-state index in [-0.39, 0.29) is 24.0 Å². The van der Waals surface area contributed by atoms with E-state index >= 15 is 0 Å². The van der Waals surface area contributed by atoms with E-state index in [2.05, 4.69) is 25.6 Å². The molecule has 7 heteroatoms. The molecular weight excluding hydrogens is 477 g/mol. The molecule has 0 radical (unpaired) electrons. The van der Waals surface area contributed by atoms with Gasteiger partial charge in [0.2, 0.25) is 0 Å². The smallest absolute Gasteiger partial charge is 0.191 e. The quantitative estimate of drug-likeness (QED) is 0.154. The minimum atomic E-state index is -0.468. The van der Waals surface area contributed by atoms with E-state index in [1.54, 1.807) is 0 Å². The lowest BCUT2D eigenvalue weighted by Crippen LogP contribution is -2.38. The molecule has 0 amide bonds. The first-order chi connectivity index (χ1) is 13.8. The van der Waals surface area contributed by atoms with Gasteiger partial charge in [-0.1, -0.05) is 42.5 Å². The number of hydrogen-bond donors (Lipinski definition) is 4. The number of aryl methyl sites for hydroxylation is 1. The third-order valence-electron chi connectivity index (χ3n) is 4.52. The highest BCUT2D eigenvalue weighted by atomic mass is 127. The zero-order valence-electron chi connectivity index (χ0n) is 16.8. The lowest BCUT2D eigenvalue weighted by molar-refractivity contribution is 0.168. The maximum atomic E-state index is 10.3. The maximum Gasteiger partial charge on any atom is 0.191 e. The zero-order chi connectivity index (χ0) is 19.6. The Bertz CT molecular complexity index is 848. The second kappa shape index (κ2) is 12.4. The van der Waals surface area contributed by atoms with Gasteiger partial charge in [0.1, 0.15) is 5.82 Å². The van der Waals surface area contributed by atoms with Crippen LogP contribution in [0.1, 0.15) is 37.3 Å². The summed E-state index contributed by atoms with van der Waals surface area (Å²) >= 11 is 0. The van der Waals surface area contributed by atoms with Crippen LogP contribution in [-0.2, 0) is 6.42 Å². The third-order valence-corrected chi connectivity index (χ3v) is 4.52. The number of guanidine groups is 1. The summed E-state index contributed by atoms with van der Waals surface area (Å²) in [7, 11) is 0. The van der Waals surface area contributed by atoms with Gasteiger partial charge in [0.25, 0.3) is 0 Å². The Balaban J connectivity index is 0.00000300. The number of para-hydroxylation sites is 2. The fourth-order valence-electron chi connectivity index (χ4n) is 3.07. The van der Waals surface area contributed by atoms with E-state index in [1.807, 2.05) is 61.5 Å². The number of imidazole rings is 1. The van der Waals surface area contributed by atoms with Crippen molar-refractivity contribution in [1.82, 2.24) is 20.6 Å². The number of aliphatic hydroxyl groups is 1. The monoisotopic (exact) mass is 507 g/mol. The first-order valence-corrected chi connectivity index (χ1v) is 9.95. The largest absolute Gasteiger partial charge is 0.388 e. The van der Waals surface area contributed by atoms with Crippen molar-refractivity contribution in [3.63, 3.8) is 0 Å². The van der Waals surface area contributed by atoms with Gasteiger partial charge in [0.05, 0.1) is 17.1 Å². The number of aliphatic imine (C=N–C) groups is 1. The van der Waals surface area contributed by atoms with Crippen molar-refractivity contribution >= 4 is 41.0 Å². The van der Waals surface area contributed by atoms with Gasteiger partial charge in [-0.05, 0) is 37.5 Å². The minimum absolute atomic E-state index is 0. The Kier molecular flexibility index (Phi) is 9.93. The number of halogens is 1. The van der Waals surface area contributed by atoms with Crippen LogP contribution < -0.4 is 10.6 Å². The Morgan fingerprint density at radius 2 is 1.86 bits per heavy atom. The average molecular weight is 507 g/mol. The Hall–Kier alpha value is -2.13. The van der Waals surface area contributed by atoms with Gasteiger partial charge < -0.3 is 20.7 Å². The molecule has 2 aromatic carbocycles. The fourth-order valence-corrected chi connectivity index (χ4v) is 3.07. The topological polar surface area (TPSA) is 85.3 Å². The lowest BCUT2D eigenvalue weighted by atomic mass is 10.1. The molecule has 0 bridgehead atoms. The zero-order valence-corrected chi connectivity index (χ0v) is 19.1. The van der Waals surface area contributed by atoms with Crippen LogP contribution in [-0.4, -0.2) is 40.7 Å². The predicted molar refractivity (Wildman–Crippen MR) is 130 cm³/mol. The summed E-state index contributed by atoms with van der Waals surface area (Å²) in [6.07, 6.45) is 1.95. The fraction of sp³-hybridized carbons (Fsp3) is 0.364. The van der Waals surface area contributed by atoms with Crippen LogP contribution in [0.2, 0.25) is 0 Å². The number of nitrogens with zero attached hydrogens (tertiary/aromatic N) is 2. The van der Waals surface area contributed by atoms with Crippen LogP contribution in [0.4, 0.5) is 0 Å². The highest BCUT2D eigenvalue weighted by Gasteiger charge is 2.07. The molecule has 1 aromatic heterocycles. The van der Waals surface area contributed by atoms with Crippen LogP contribution in [0.25, 0.3) is 11.0 Å². The number of fused-ring (bicyclic) bond motifs is 1. The minimum Gasteiger partial charge on any atom is -0.388 e. The number of aromatic amines is 1. The van der Waals surface area contributed by atoms with Crippen LogP contribution in [0.3, 0.4) is 0 Å². The summed E-state index contributed by atoms with van der Waals surface area (Å²) in [6, 6.07) is 17.8. The summed E-state index contributed by atoms with van der Waals surface area (Å²) in [5.74, 6) is 1.78. The lowest BCUT2D eigenvalue weighted by Gasteiger charge is -2.14. The van der Waals surface area contributed by atoms with Crippen molar-refractivity contribution in [3.8, 4) is 0 Å². The van der Waals surface area contributed by atoms with Crippen molar-refractivity contribution in [1.29, 1.82) is 0 Å². The number of aromatic nitrogens is 2. The van der Waals surface area contributed by atoms with Gasteiger partial charge in [-0.15, -0.1) is 24.0 Å². The first kappa shape index (κ1) is 23.2. The summed E-state index contributed by atoms with van der Waals surface area (Å²) < 4.78 is 0. The molecule has 1 unspecified atom stereocenters. The first-order valence-electron chi connectivity index (χ1n) is 9.95. The maximum absolute atomic E-state index is 10.3. The molecule has 0 aliphatic carbocycles. The Morgan fingerprint density at radius 3 is 2.62 bits per heavy atom. The molecule has 1 atom stereocenters. The van der Waals surface area contributed by atoms with Gasteiger partial charge in [0, 0.05) is 26.1 Å². The molecule has 1 heterocycles. The molecule has 0 saturated carbocycles. The van der Waals surface area contributed by atoms with E-state index < -0.39 is 6.10 Å². The van der Waals surface area contributed by atoms with Gasteiger partial charge in [-0.3, -0.25) is 4.99 Å². The van der Waals surface area contributed by atoms with E-state index in [9.17, 15) is 5.11 Å². The molecule has 156 valence electrons. The number of nitrogens with one attached hydrogen (secondary N) is 3. The molecule has 0 aliphatic rings. The normalized spacial score (nSPS) is 12.4.